The first-order chi connectivity index (χ1) is 13.9. The van der Waals surface area contributed by atoms with Crippen molar-refractivity contribution in [2.75, 3.05) is 10.6 Å². The van der Waals surface area contributed by atoms with Gasteiger partial charge in [-0.15, -0.1) is 0 Å². The van der Waals surface area contributed by atoms with Crippen LogP contribution in [-0.4, -0.2) is 21.8 Å². The Kier molecular flexibility index (Phi) is 6.46. The lowest BCUT2D eigenvalue weighted by molar-refractivity contribution is -0.111. The van der Waals surface area contributed by atoms with Crippen molar-refractivity contribution >= 4 is 45.2 Å². The minimum absolute atomic E-state index is 0.0670. The molecule has 2 amide bonds. The van der Waals surface area contributed by atoms with Gasteiger partial charge < -0.3 is 10.6 Å². The van der Waals surface area contributed by atoms with Crippen LogP contribution in [0.1, 0.15) is 21.5 Å². The molecule has 1 heterocycles. The highest BCUT2D eigenvalue weighted by atomic mass is 79.9. The highest BCUT2D eigenvalue weighted by molar-refractivity contribution is 9.10. The highest BCUT2D eigenvalue weighted by Crippen LogP contribution is 2.22. The molecule has 146 valence electrons. The van der Waals surface area contributed by atoms with Crippen LogP contribution in [0.15, 0.2) is 65.7 Å². The maximum atomic E-state index is 13.9. The van der Waals surface area contributed by atoms with E-state index in [-0.39, 0.29) is 17.2 Å². The second kappa shape index (κ2) is 9.20. The molecule has 2 N–H and O–H groups in total. The molecule has 29 heavy (non-hydrogen) atoms. The number of rotatable bonds is 5. The largest absolute Gasteiger partial charge is 0.322 e. The van der Waals surface area contributed by atoms with Crippen LogP contribution >= 0.6 is 15.9 Å². The number of hydrogen-bond donors (Lipinski definition) is 2. The lowest BCUT2D eigenvalue weighted by atomic mass is 10.1. The number of aryl methyl sites for hydroxylation is 1. The van der Waals surface area contributed by atoms with Gasteiger partial charge in [-0.25, -0.2) is 14.4 Å². The molecule has 0 atom stereocenters. The molecule has 0 unspecified atom stereocenters. The average Bonchev–Trinajstić information content (AvgIpc) is 2.71. The SMILES string of the molecule is Cc1ccc(C(=O)Nc2ccc(Br)cc2F)cc1NC(=O)C=Cc1cncnc1. The molecule has 0 radical (unpaired) electrons. The summed E-state index contributed by atoms with van der Waals surface area (Å²) in [7, 11) is 0. The van der Waals surface area contributed by atoms with Gasteiger partial charge in [0.25, 0.3) is 5.91 Å². The third-order valence-corrected chi connectivity index (χ3v) is 4.44. The Labute approximate surface area is 175 Å². The van der Waals surface area contributed by atoms with Crippen molar-refractivity contribution in [2.24, 2.45) is 0 Å². The average molecular weight is 455 g/mol. The maximum Gasteiger partial charge on any atom is 0.255 e. The summed E-state index contributed by atoms with van der Waals surface area (Å²) in [4.78, 5) is 32.4. The summed E-state index contributed by atoms with van der Waals surface area (Å²) >= 11 is 3.17. The van der Waals surface area contributed by atoms with Gasteiger partial charge in [0.1, 0.15) is 12.1 Å². The third-order valence-electron chi connectivity index (χ3n) is 3.94. The highest BCUT2D eigenvalue weighted by Gasteiger charge is 2.12. The summed E-state index contributed by atoms with van der Waals surface area (Å²) in [6.07, 6.45) is 7.49. The molecule has 0 saturated heterocycles. The third kappa shape index (κ3) is 5.55. The zero-order chi connectivity index (χ0) is 20.8. The van der Waals surface area contributed by atoms with E-state index in [1.165, 1.54) is 24.5 Å². The minimum atomic E-state index is -0.552. The standard InChI is InChI=1S/C21H16BrFN4O2/c1-13-2-4-15(21(29)27-18-6-5-16(22)9-17(18)23)8-19(13)26-20(28)7-3-14-10-24-12-25-11-14/h2-12H,1H3,(H,26,28)(H,27,29). The Bertz CT molecular complexity index is 1090. The Hall–Kier alpha value is -3.39. The van der Waals surface area contributed by atoms with E-state index in [1.54, 1.807) is 49.7 Å². The van der Waals surface area contributed by atoms with E-state index in [9.17, 15) is 14.0 Å². The number of carbonyl (C=O) groups excluding carboxylic acids is 2. The van der Waals surface area contributed by atoms with Crippen LogP contribution in [0.4, 0.5) is 15.8 Å². The second-order valence-corrected chi connectivity index (χ2v) is 7.02. The predicted molar refractivity (Wildman–Crippen MR) is 113 cm³/mol. The van der Waals surface area contributed by atoms with E-state index >= 15 is 0 Å². The smallest absolute Gasteiger partial charge is 0.255 e. The molecule has 0 aliphatic rings. The molecule has 0 bridgehead atoms. The quantitative estimate of drug-likeness (QED) is 0.552. The van der Waals surface area contributed by atoms with E-state index in [2.05, 4.69) is 36.5 Å². The topological polar surface area (TPSA) is 84.0 Å². The van der Waals surface area contributed by atoms with Crippen LogP contribution < -0.4 is 10.6 Å². The Morgan fingerprint density at radius 3 is 2.52 bits per heavy atom. The lowest BCUT2D eigenvalue weighted by Gasteiger charge is -2.11. The fraction of sp³-hybridized carbons (Fsp3) is 0.0476. The zero-order valence-corrected chi connectivity index (χ0v) is 16.9. The molecule has 3 rings (SSSR count). The van der Waals surface area contributed by atoms with E-state index < -0.39 is 11.7 Å². The number of hydrogen-bond acceptors (Lipinski definition) is 4. The fourth-order valence-corrected chi connectivity index (χ4v) is 2.76. The molecule has 1 aromatic heterocycles. The summed E-state index contributed by atoms with van der Waals surface area (Å²) < 4.78 is 14.5. The molecule has 0 spiro atoms. The molecule has 2 aromatic carbocycles. The number of nitrogens with zero attached hydrogens (tertiary/aromatic N) is 2. The summed E-state index contributed by atoms with van der Waals surface area (Å²) in [6.45, 7) is 1.81. The molecular formula is C21H16BrFN4O2. The van der Waals surface area contributed by atoms with Crippen LogP contribution in [-0.2, 0) is 4.79 Å². The van der Waals surface area contributed by atoms with Crippen molar-refractivity contribution < 1.29 is 14.0 Å². The lowest BCUT2D eigenvalue weighted by Crippen LogP contribution is -2.15. The molecule has 0 aliphatic carbocycles. The van der Waals surface area contributed by atoms with Crippen LogP contribution in [0.25, 0.3) is 6.08 Å². The van der Waals surface area contributed by atoms with Crippen LogP contribution in [0.5, 0.6) is 0 Å². The first-order valence-electron chi connectivity index (χ1n) is 8.53. The van der Waals surface area contributed by atoms with Gasteiger partial charge in [0, 0.05) is 39.8 Å². The predicted octanol–water partition coefficient (Wildman–Crippen LogP) is 4.59. The molecule has 8 heteroatoms. The van der Waals surface area contributed by atoms with Gasteiger partial charge in [-0.3, -0.25) is 9.59 Å². The second-order valence-electron chi connectivity index (χ2n) is 6.10. The van der Waals surface area contributed by atoms with Gasteiger partial charge in [0.05, 0.1) is 5.69 Å². The first kappa shape index (κ1) is 20.3. The Morgan fingerprint density at radius 2 is 1.79 bits per heavy atom. The number of amides is 2. The van der Waals surface area contributed by atoms with Crippen molar-refractivity contribution in [3.63, 3.8) is 0 Å². The van der Waals surface area contributed by atoms with Gasteiger partial charge in [0.15, 0.2) is 0 Å². The Morgan fingerprint density at radius 1 is 1.03 bits per heavy atom. The van der Waals surface area contributed by atoms with Crippen molar-refractivity contribution in [1.29, 1.82) is 0 Å². The number of benzene rings is 2. The number of halogens is 2. The first-order valence-corrected chi connectivity index (χ1v) is 9.33. The molecule has 6 nitrogen and oxygen atoms in total. The van der Waals surface area contributed by atoms with Crippen molar-refractivity contribution in [3.05, 3.63) is 88.2 Å². The van der Waals surface area contributed by atoms with E-state index in [1.807, 2.05) is 0 Å². The van der Waals surface area contributed by atoms with Gasteiger partial charge >= 0.3 is 0 Å². The van der Waals surface area contributed by atoms with E-state index in [0.717, 1.165) is 5.56 Å². The molecule has 0 aliphatic heterocycles. The van der Waals surface area contributed by atoms with Crippen LogP contribution in [0.2, 0.25) is 0 Å². The number of carbonyl (C=O) groups is 2. The zero-order valence-electron chi connectivity index (χ0n) is 15.3. The molecular weight excluding hydrogens is 439 g/mol. The maximum absolute atomic E-state index is 13.9. The van der Waals surface area contributed by atoms with Gasteiger partial charge in [-0.2, -0.15) is 0 Å². The molecule has 0 fully saturated rings. The number of anilines is 2. The summed E-state index contributed by atoms with van der Waals surface area (Å²) in [5, 5.41) is 5.26. The van der Waals surface area contributed by atoms with Crippen LogP contribution in [0, 0.1) is 12.7 Å². The molecule has 3 aromatic rings. The van der Waals surface area contributed by atoms with E-state index in [0.29, 0.717) is 15.7 Å². The summed E-state index contributed by atoms with van der Waals surface area (Å²) in [5.74, 6) is -1.41. The van der Waals surface area contributed by atoms with E-state index in [4.69, 9.17) is 0 Å². The monoisotopic (exact) mass is 454 g/mol. The number of nitrogens with one attached hydrogen (secondary N) is 2. The van der Waals surface area contributed by atoms with Gasteiger partial charge in [-0.05, 0) is 48.9 Å². The summed E-state index contributed by atoms with van der Waals surface area (Å²) in [6, 6.07) is 9.21. The van der Waals surface area contributed by atoms with Gasteiger partial charge in [-0.1, -0.05) is 22.0 Å². The fourth-order valence-electron chi connectivity index (χ4n) is 2.43. The molecule has 0 saturated carbocycles. The number of aromatic nitrogens is 2. The minimum Gasteiger partial charge on any atom is -0.322 e. The summed E-state index contributed by atoms with van der Waals surface area (Å²) in [5.41, 5.74) is 2.30. The van der Waals surface area contributed by atoms with Crippen molar-refractivity contribution in [3.8, 4) is 0 Å². The Balaban J connectivity index is 1.72. The van der Waals surface area contributed by atoms with Crippen molar-refractivity contribution in [1.82, 2.24) is 9.97 Å². The van der Waals surface area contributed by atoms with Crippen molar-refractivity contribution in [2.45, 2.75) is 6.92 Å². The normalized spacial score (nSPS) is 10.7. The van der Waals surface area contributed by atoms with Gasteiger partial charge in [0.2, 0.25) is 5.91 Å². The van der Waals surface area contributed by atoms with Crippen LogP contribution in [0.3, 0.4) is 0 Å².